The monoisotopic (exact) mass is 332 g/mol. The average Bonchev–Trinajstić information content (AvgIpc) is 2.41. The molecule has 0 rings (SSSR count). The number of carboxylic acids is 2. The molecule has 1 atom stereocenters. The topological polar surface area (TPSA) is 155 Å². The van der Waals surface area contributed by atoms with Crippen LogP contribution >= 0.6 is 0 Å². The molecule has 0 aromatic heterocycles. The van der Waals surface area contributed by atoms with Crippen LogP contribution in [0.2, 0.25) is 0 Å². The standard InChI is InChI=1S/C14H20O9/c15-7-5-3-1-2-4-6-11(18)23-12(19)9-14(22,13(20)21)8-10(16)17/h7,22H,1-6,8-9H2,(H,16,17)(H,20,21). The molecule has 0 radical (unpaired) electrons. The molecule has 0 heterocycles. The molecule has 0 aromatic carbocycles. The number of ether oxygens (including phenoxy) is 1. The fourth-order valence-electron chi connectivity index (χ4n) is 1.77. The van der Waals surface area contributed by atoms with E-state index in [1.807, 2.05) is 0 Å². The number of hydrogen-bond acceptors (Lipinski definition) is 7. The van der Waals surface area contributed by atoms with E-state index in [-0.39, 0.29) is 6.42 Å². The van der Waals surface area contributed by atoms with E-state index in [0.29, 0.717) is 25.7 Å². The second-order valence-electron chi connectivity index (χ2n) is 5.05. The zero-order valence-electron chi connectivity index (χ0n) is 12.5. The Morgan fingerprint density at radius 3 is 2.04 bits per heavy atom. The Kier molecular flexibility index (Phi) is 9.40. The highest BCUT2D eigenvalue weighted by Gasteiger charge is 2.41. The largest absolute Gasteiger partial charge is 0.481 e. The molecule has 3 N–H and O–H groups in total. The Balaban J connectivity index is 4.20. The molecule has 0 fully saturated rings. The number of carboxylic acid groups (broad SMARTS) is 2. The second-order valence-corrected chi connectivity index (χ2v) is 5.05. The maximum absolute atomic E-state index is 11.4. The molecule has 9 heteroatoms. The Morgan fingerprint density at radius 1 is 0.913 bits per heavy atom. The van der Waals surface area contributed by atoms with Gasteiger partial charge in [0.25, 0.3) is 0 Å². The van der Waals surface area contributed by atoms with Crippen LogP contribution in [0.5, 0.6) is 0 Å². The summed E-state index contributed by atoms with van der Waals surface area (Å²) in [5.74, 6) is -5.68. The Hall–Kier alpha value is -2.29. The van der Waals surface area contributed by atoms with Crippen molar-refractivity contribution in [2.75, 3.05) is 0 Å². The summed E-state index contributed by atoms with van der Waals surface area (Å²) in [5.41, 5.74) is -2.82. The minimum atomic E-state index is -2.82. The van der Waals surface area contributed by atoms with Gasteiger partial charge in [0.2, 0.25) is 0 Å². The minimum Gasteiger partial charge on any atom is -0.481 e. The first-order valence-corrected chi connectivity index (χ1v) is 7.06. The van der Waals surface area contributed by atoms with Crippen molar-refractivity contribution in [3.05, 3.63) is 0 Å². The van der Waals surface area contributed by atoms with Gasteiger partial charge in [-0.3, -0.25) is 14.4 Å². The fraction of sp³-hybridized carbons (Fsp3) is 0.643. The van der Waals surface area contributed by atoms with E-state index >= 15 is 0 Å². The van der Waals surface area contributed by atoms with Crippen molar-refractivity contribution in [1.29, 1.82) is 0 Å². The smallest absolute Gasteiger partial charge is 0.336 e. The van der Waals surface area contributed by atoms with Crippen LogP contribution < -0.4 is 0 Å². The highest BCUT2D eigenvalue weighted by molar-refractivity contribution is 5.92. The van der Waals surface area contributed by atoms with E-state index in [4.69, 9.17) is 10.2 Å². The Labute approximate surface area is 132 Å². The van der Waals surface area contributed by atoms with Crippen LogP contribution in [0.3, 0.4) is 0 Å². The van der Waals surface area contributed by atoms with Crippen molar-refractivity contribution in [2.45, 2.75) is 57.0 Å². The number of aliphatic hydroxyl groups is 1. The molecule has 130 valence electrons. The lowest BCUT2D eigenvalue weighted by atomic mass is 9.96. The van der Waals surface area contributed by atoms with E-state index in [2.05, 4.69) is 4.74 Å². The van der Waals surface area contributed by atoms with Gasteiger partial charge in [-0.2, -0.15) is 0 Å². The Morgan fingerprint density at radius 2 is 1.52 bits per heavy atom. The van der Waals surface area contributed by atoms with Crippen LogP contribution in [-0.2, 0) is 28.7 Å². The number of aldehydes is 1. The van der Waals surface area contributed by atoms with Crippen molar-refractivity contribution >= 4 is 30.2 Å². The molecule has 0 aliphatic rings. The summed E-state index contributed by atoms with van der Waals surface area (Å²) in [6, 6.07) is 0. The molecule has 23 heavy (non-hydrogen) atoms. The van der Waals surface area contributed by atoms with Gasteiger partial charge in [0.05, 0.1) is 12.8 Å². The number of carbonyl (C=O) groups excluding carboxylic acids is 3. The third kappa shape index (κ3) is 9.35. The summed E-state index contributed by atoms with van der Waals surface area (Å²) < 4.78 is 4.36. The van der Waals surface area contributed by atoms with Crippen LogP contribution in [0.25, 0.3) is 0 Å². The minimum absolute atomic E-state index is 0.0722. The van der Waals surface area contributed by atoms with Crippen molar-refractivity contribution in [2.24, 2.45) is 0 Å². The molecule has 0 saturated heterocycles. The second kappa shape index (κ2) is 10.4. The summed E-state index contributed by atoms with van der Waals surface area (Å²) in [7, 11) is 0. The average molecular weight is 332 g/mol. The Bertz CT molecular complexity index is 457. The number of carbonyl (C=O) groups is 5. The van der Waals surface area contributed by atoms with Gasteiger partial charge in [-0.1, -0.05) is 12.8 Å². The summed E-state index contributed by atoms with van der Waals surface area (Å²) in [5, 5.41) is 26.9. The van der Waals surface area contributed by atoms with Gasteiger partial charge in [0, 0.05) is 12.8 Å². The van der Waals surface area contributed by atoms with Crippen LogP contribution in [-0.4, -0.2) is 51.1 Å². The van der Waals surface area contributed by atoms with E-state index in [1.54, 1.807) is 0 Å². The number of rotatable bonds is 12. The number of unbranched alkanes of at least 4 members (excludes halogenated alkanes) is 4. The van der Waals surface area contributed by atoms with Gasteiger partial charge in [-0.25, -0.2) is 4.79 Å². The SMILES string of the molecule is O=CCCCCCCC(=O)OC(=O)CC(O)(CC(=O)O)C(=O)O. The maximum Gasteiger partial charge on any atom is 0.336 e. The van der Waals surface area contributed by atoms with Crippen molar-refractivity contribution in [1.82, 2.24) is 0 Å². The summed E-state index contributed by atoms with van der Waals surface area (Å²) >= 11 is 0. The number of esters is 2. The fourth-order valence-corrected chi connectivity index (χ4v) is 1.77. The summed E-state index contributed by atoms with van der Waals surface area (Å²) in [6.45, 7) is 0. The molecule has 0 saturated carbocycles. The third-order valence-corrected chi connectivity index (χ3v) is 2.96. The zero-order chi connectivity index (χ0) is 17.9. The number of hydrogen-bond donors (Lipinski definition) is 3. The van der Waals surface area contributed by atoms with E-state index in [9.17, 15) is 29.1 Å². The van der Waals surface area contributed by atoms with Crippen LogP contribution in [0.15, 0.2) is 0 Å². The first kappa shape index (κ1) is 20.7. The highest BCUT2D eigenvalue weighted by Crippen LogP contribution is 2.17. The van der Waals surface area contributed by atoms with Gasteiger partial charge >= 0.3 is 23.9 Å². The predicted molar refractivity (Wildman–Crippen MR) is 74.3 cm³/mol. The lowest BCUT2D eigenvalue weighted by molar-refractivity contribution is -0.174. The quantitative estimate of drug-likeness (QED) is 0.198. The molecule has 0 aromatic rings. The van der Waals surface area contributed by atoms with E-state index in [0.717, 1.165) is 12.7 Å². The van der Waals surface area contributed by atoms with E-state index in [1.165, 1.54) is 0 Å². The predicted octanol–water partition coefficient (Wildman–Crippen LogP) is 0.276. The highest BCUT2D eigenvalue weighted by atomic mass is 16.6. The molecule has 0 bridgehead atoms. The van der Waals surface area contributed by atoms with Crippen LogP contribution in [0.4, 0.5) is 0 Å². The van der Waals surface area contributed by atoms with Gasteiger partial charge in [-0.05, 0) is 12.8 Å². The van der Waals surface area contributed by atoms with Gasteiger partial charge in [0.1, 0.15) is 6.29 Å². The van der Waals surface area contributed by atoms with Crippen molar-refractivity contribution < 1.29 is 44.0 Å². The van der Waals surface area contributed by atoms with Gasteiger partial charge in [-0.15, -0.1) is 0 Å². The van der Waals surface area contributed by atoms with Crippen LogP contribution in [0, 0.1) is 0 Å². The molecular formula is C14H20O9. The van der Waals surface area contributed by atoms with Crippen molar-refractivity contribution in [3.8, 4) is 0 Å². The van der Waals surface area contributed by atoms with Crippen LogP contribution in [0.1, 0.15) is 51.4 Å². The lowest BCUT2D eigenvalue weighted by Crippen LogP contribution is -2.43. The van der Waals surface area contributed by atoms with Gasteiger partial charge in [0.15, 0.2) is 5.60 Å². The molecule has 0 amide bonds. The summed E-state index contributed by atoms with van der Waals surface area (Å²) in [6.07, 6.45) is 1.39. The molecule has 0 aliphatic carbocycles. The number of aliphatic carboxylic acids is 2. The maximum atomic E-state index is 11.4. The molecule has 9 nitrogen and oxygen atoms in total. The van der Waals surface area contributed by atoms with Gasteiger partial charge < -0.3 is 24.9 Å². The first-order chi connectivity index (χ1) is 10.7. The zero-order valence-corrected chi connectivity index (χ0v) is 12.5. The molecule has 0 spiro atoms. The summed E-state index contributed by atoms with van der Waals surface area (Å²) in [4.78, 5) is 54.2. The molecule has 0 aliphatic heterocycles. The lowest BCUT2D eigenvalue weighted by Gasteiger charge is -2.19. The molecule has 1 unspecified atom stereocenters. The third-order valence-electron chi connectivity index (χ3n) is 2.96. The van der Waals surface area contributed by atoms with Crippen molar-refractivity contribution in [3.63, 3.8) is 0 Å². The normalized spacial score (nSPS) is 12.9. The molecular weight excluding hydrogens is 312 g/mol. The first-order valence-electron chi connectivity index (χ1n) is 7.06. The van der Waals surface area contributed by atoms with E-state index < -0.39 is 42.3 Å².